The summed E-state index contributed by atoms with van der Waals surface area (Å²) in [6.45, 7) is 14.2. The molecule has 0 saturated heterocycles. The summed E-state index contributed by atoms with van der Waals surface area (Å²) in [7, 11) is 2.95. The maximum absolute atomic E-state index is 14.6. The fourth-order valence-electron chi connectivity index (χ4n) is 8.65. The molecule has 0 radical (unpaired) electrons. The number of ketones is 1. The van der Waals surface area contributed by atoms with E-state index in [0.717, 1.165) is 6.21 Å². The summed E-state index contributed by atoms with van der Waals surface area (Å²) in [5.74, 6) is -8.33. The van der Waals surface area contributed by atoms with Crippen LogP contribution in [0.15, 0.2) is 65.5 Å². The minimum absolute atomic E-state index is 0.0185. The highest BCUT2D eigenvalue weighted by Crippen LogP contribution is 2.55. The molecule has 0 aliphatic carbocycles. The molecule has 4 heterocycles. The van der Waals surface area contributed by atoms with Crippen LogP contribution in [0.4, 0.5) is 11.4 Å². The molecule has 3 aliphatic heterocycles. The Morgan fingerprint density at radius 2 is 1.67 bits per heavy atom. The molecule has 5 bridgehead atoms. The molecule has 7 rings (SSSR count). The van der Waals surface area contributed by atoms with E-state index in [4.69, 9.17) is 23.7 Å². The van der Waals surface area contributed by atoms with Crippen molar-refractivity contribution >= 4 is 56.9 Å². The van der Waals surface area contributed by atoms with Crippen LogP contribution in [0, 0.1) is 37.5 Å². The second kappa shape index (κ2) is 19.4. The average Bonchev–Trinajstić information content (AvgIpc) is 3.55. The van der Waals surface area contributed by atoms with Gasteiger partial charge in [0.2, 0.25) is 0 Å². The van der Waals surface area contributed by atoms with Gasteiger partial charge >= 0.3 is 11.8 Å². The van der Waals surface area contributed by atoms with Crippen LogP contribution in [-0.2, 0) is 23.8 Å². The number of methoxy groups -OCH3 is 2. The average molecular weight is 911 g/mol. The summed E-state index contributed by atoms with van der Waals surface area (Å²) in [6, 6.07) is 7.09. The number of para-hydroxylation sites is 1. The lowest BCUT2D eigenvalue weighted by molar-refractivity contribution is -0.160. The van der Waals surface area contributed by atoms with Gasteiger partial charge in [0.25, 0.3) is 11.7 Å². The van der Waals surface area contributed by atoms with Crippen LogP contribution < -0.4 is 20.2 Å². The monoisotopic (exact) mass is 910 g/mol. The number of aromatic nitrogens is 1. The Morgan fingerprint density at radius 3 is 2.33 bits per heavy atom. The number of amides is 1. The van der Waals surface area contributed by atoms with Crippen molar-refractivity contribution in [3.63, 3.8) is 0 Å². The van der Waals surface area contributed by atoms with Gasteiger partial charge in [-0.3, -0.25) is 19.8 Å². The molecule has 17 nitrogen and oxygen atoms in total. The van der Waals surface area contributed by atoms with E-state index in [1.807, 2.05) is 6.07 Å². The molecule has 352 valence electrons. The number of carbonyl (C=O) groups excluding carboxylic acids is 3. The van der Waals surface area contributed by atoms with Crippen LogP contribution in [0.1, 0.15) is 75.6 Å². The molecule has 4 aromatic rings. The molecule has 66 heavy (non-hydrogen) atoms. The van der Waals surface area contributed by atoms with Gasteiger partial charge in [0, 0.05) is 72.2 Å². The van der Waals surface area contributed by atoms with Crippen LogP contribution in [0.3, 0.4) is 0 Å². The Balaban J connectivity index is 1.54. The molecule has 3 aliphatic rings. The van der Waals surface area contributed by atoms with Crippen LogP contribution in [-0.4, -0.2) is 98.8 Å². The maximum Gasteiger partial charge on any atom is 0.312 e. The highest BCUT2D eigenvalue weighted by molar-refractivity contribution is 6.24. The van der Waals surface area contributed by atoms with E-state index >= 15 is 0 Å². The summed E-state index contributed by atoms with van der Waals surface area (Å²) < 4.78 is 29.2. The zero-order chi connectivity index (χ0) is 48.5. The first kappa shape index (κ1) is 48.8. The van der Waals surface area contributed by atoms with Gasteiger partial charge in [-0.1, -0.05) is 58.1 Å². The number of pyridine rings is 1. The Labute approximate surface area is 382 Å². The topological polar surface area (TPSA) is 248 Å². The number of rotatable bonds is 6. The molecule has 17 heteroatoms. The molecule has 3 aromatic carbocycles. The molecule has 1 aromatic heterocycles. The number of hydrogen-bond acceptors (Lipinski definition) is 16. The van der Waals surface area contributed by atoms with Gasteiger partial charge in [-0.2, -0.15) is 5.10 Å². The van der Waals surface area contributed by atoms with Gasteiger partial charge in [0.15, 0.2) is 5.75 Å². The van der Waals surface area contributed by atoms with Crippen molar-refractivity contribution < 1.29 is 63.6 Å². The third-order valence-corrected chi connectivity index (χ3v) is 12.6. The van der Waals surface area contributed by atoms with Crippen LogP contribution in [0.25, 0.3) is 21.7 Å². The summed E-state index contributed by atoms with van der Waals surface area (Å²) >= 11 is 0. The van der Waals surface area contributed by atoms with E-state index in [9.17, 15) is 39.9 Å². The molecule has 0 saturated carbocycles. The zero-order valence-corrected chi connectivity index (χ0v) is 38.8. The van der Waals surface area contributed by atoms with Gasteiger partial charge < -0.3 is 54.5 Å². The number of anilines is 2. The molecular weight excluding hydrogens is 853 g/mol. The summed E-state index contributed by atoms with van der Waals surface area (Å²) in [6.07, 6.45) is 4.52. The van der Waals surface area contributed by atoms with Crippen molar-refractivity contribution in [3.8, 4) is 28.7 Å². The smallest absolute Gasteiger partial charge is 0.312 e. The first-order valence-electron chi connectivity index (χ1n) is 21.5. The van der Waals surface area contributed by atoms with Crippen molar-refractivity contribution in [2.24, 2.45) is 28.8 Å². The van der Waals surface area contributed by atoms with Gasteiger partial charge in [0.05, 0.1) is 65.8 Å². The molecule has 0 fully saturated rings. The first-order chi connectivity index (χ1) is 31.2. The maximum atomic E-state index is 14.6. The van der Waals surface area contributed by atoms with Crippen molar-refractivity contribution in [2.75, 3.05) is 25.0 Å². The minimum Gasteiger partial charge on any atom is -0.507 e. The Kier molecular flexibility index (Phi) is 14.3. The van der Waals surface area contributed by atoms with Crippen molar-refractivity contribution in [3.05, 3.63) is 82.8 Å². The SMILES string of the molecule is COc1cccc2c(N/N=C/c3c4c(O)c5c(O)c(C)c6c(c5c3O)C(=O)[C@@](C)(OC=C[C@H](OC)[C@@H](C)[C@@H](OC(C)=O)[C@H](C)[C@H](O)[C@H](C)[C@@H](O)[C@@H](C)/C=C\C=C(\C)C(=O)N4)O6)cc(C)nc12. The molecular formula is C49H58N4O13. The van der Waals surface area contributed by atoms with Crippen LogP contribution in [0.2, 0.25) is 0 Å². The number of hydrazone groups is 1. The predicted molar refractivity (Wildman–Crippen MR) is 248 cm³/mol. The second-order valence-electron chi connectivity index (χ2n) is 17.2. The minimum atomic E-state index is -2.10. The highest BCUT2D eigenvalue weighted by Gasteiger charge is 2.50. The number of aromatic hydroxyl groups is 3. The third-order valence-electron chi connectivity index (χ3n) is 12.6. The number of nitrogens with one attached hydrogen (secondary N) is 2. The fourth-order valence-corrected chi connectivity index (χ4v) is 8.65. The molecule has 9 atom stereocenters. The van der Waals surface area contributed by atoms with E-state index < -0.39 is 88.8 Å². The summed E-state index contributed by atoms with van der Waals surface area (Å²) in [5, 5.41) is 66.0. The first-order valence-corrected chi connectivity index (χ1v) is 21.5. The summed E-state index contributed by atoms with van der Waals surface area (Å²) in [5.41, 5.74) is 3.95. The van der Waals surface area contributed by atoms with E-state index in [1.165, 1.54) is 60.3 Å². The lowest BCUT2D eigenvalue weighted by Gasteiger charge is -2.38. The second-order valence-corrected chi connectivity index (χ2v) is 17.2. The zero-order valence-electron chi connectivity index (χ0n) is 38.8. The number of benzene rings is 3. The van der Waals surface area contributed by atoms with Crippen LogP contribution >= 0.6 is 0 Å². The molecule has 0 spiro atoms. The lowest BCUT2D eigenvalue weighted by atomic mass is 9.78. The number of phenolic OH excluding ortho intramolecular Hbond substituents is 3. The molecule has 7 N–H and O–H groups in total. The quantitative estimate of drug-likeness (QED) is 0.0336. The number of phenols is 3. The number of carbonyl (C=O) groups is 3. The number of fused-ring (bicyclic) bond motifs is 15. The third kappa shape index (κ3) is 9.10. The standard InChI is InChI=1S/C49H58N4O13/c1-22-14-12-15-23(2)48(61)52-39-31(21-50-53-32-20-24(3)51-38-30(32)16-13-17-34(38)63-11)43(58)35-36(44(39)59)42(57)28(7)46-37(35)47(60)49(9,66-46)64-19-18-33(62-10)25(4)45(65-29(8)54)27(6)41(56)26(5)40(22)55/h12-22,25-27,33,40-41,45,55-59H,1-11H3,(H,51,53)(H,52,61)/b14-12-,19-18?,23-15-,50-21+/t22-,25+,26+,27+,33-,40-,41+,45+,49-/m0/s1. The Hall–Kier alpha value is -6.69. The van der Waals surface area contributed by atoms with Crippen molar-refractivity contribution in [1.29, 1.82) is 0 Å². The number of ether oxygens (including phenoxy) is 5. The van der Waals surface area contributed by atoms with E-state index in [2.05, 4.69) is 20.8 Å². The van der Waals surface area contributed by atoms with Crippen LogP contribution in [0.5, 0.6) is 28.7 Å². The number of aryl methyl sites for hydroxylation is 1. The van der Waals surface area contributed by atoms with E-state index in [-0.39, 0.29) is 44.5 Å². The van der Waals surface area contributed by atoms with Crippen molar-refractivity contribution in [2.45, 2.75) is 92.5 Å². The van der Waals surface area contributed by atoms with E-state index in [1.54, 1.807) is 65.0 Å². The number of aliphatic hydroxyl groups excluding tert-OH is 2. The van der Waals surface area contributed by atoms with E-state index in [0.29, 0.717) is 28.0 Å². The molecule has 1 amide bonds. The Morgan fingerprint density at radius 1 is 0.955 bits per heavy atom. The highest BCUT2D eigenvalue weighted by atomic mass is 16.7. The van der Waals surface area contributed by atoms with Gasteiger partial charge in [0.1, 0.15) is 34.6 Å². The largest absolute Gasteiger partial charge is 0.507 e. The summed E-state index contributed by atoms with van der Waals surface area (Å²) in [4.78, 5) is 45.5. The normalized spacial score (nSPS) is 27.6. The fraction of sp³-hybridized carbons (Fsp3) is 0.408. The number of Topliss-reactive ketones (excluding diaryl/α,β-unsaturated/α-hetero) is 1. The number of hydrogen-bond donors (Lipinski definition) is 7. The Bertz CT molecular complexity index is 2690. The van der Waals surface area contributed by atoms with Crippen molar-refractivity contribution in [1.82, 2.24) is 4.98 Å². The number of aliphatic hydroxyl groups is 2. The predicted octanol–water partition coefficient (Wildman–Crippen LogP) is 7.07. The number of esters is 1. The van der Waals surface area contributed by atoms with Gasteiger partial charge in [-0.15, -0.1) is 0 Å². The molecule has 0 unspecified atom stereocenters. The lowest BCUT2D eigenvalue weighted by Crippen LogP contribution is -2.46. The van der Waals surface area contributed by atoms with Gasteiger partial charge in [-0.05, 0) is 39.0 Å². The number of allylic oxidation sites excluding steroid dienone is 2. The van der Waals surface area contributed by atoms with Gasteiger partial charge in [-0.25, -0.2) is 4.98 Å². The number of nitrogens with zero attached hydrogens (tertiary/aromatic N) is 2.